The highest BCUT2D eigenvalue weighted by molar-refractivity contribution is 6.30. The summed E-state index contributed by atoms with van der Waals surface area (Å²) in [6.07, 6.45) is 3.65. The number of nitrogens with two attached hydrogens (primary N) is 1. The summed E-state index contributed by atoms with van der Waals surface area (Å²) >= 11 is 5.88. The molecule has 0 aliphatic carbocycles. The number of carbonyl (C=O) groups is 2. The molecule has 3 rings (SSSR count). The Hall–Kier alpha value is -1.30. The van der Waals surface area contributed by atoms with Gasteiger partial charge in [-0.25, -0.2) is 0 Å². The lowest BCUT2D eigenvalue weighted by molar-refractivity contribution is -0.138. The first-order valence-electron chi connectivity index (χ1n) is 8.64. The lowest BCUT2D eigenvalue weighted by Crippen LogP contribution is -2.51. The fourth-order valence-corrected chi connectivity index (χ4v) is 3.73. The van der Waals surface area contributed by atoms with Crippen molar-refractivity contribution in [1.29, 1.82) is 0 Å². The zero-order valence-electron chi connectivity index (χ0n) is 14.2. The Bertz CT molecular complexity index is 609. The van der Waals surface area contributed by atoms with Gasteiger partial charge in [0.15, 0.2) is 0 Å². The topological polar surface area (TPSA) is 66.6 Å². The van der Waals surface area contributed by atoms with Crippen molar-refractivity contribution in [3.63, 3.8) is 0 Å². The second kappa shape index (κ2) is 8.88. The number of benzene rings is 1. The number of carbonyl (C=O) groups excluding carboxylic acids is 2. The third-order valence-electron chi connectivity index (χ3n) is 4.92. The Balaban J connectivity index is 0.00000225. The third-order valence-corrected chi connectivity index (χ3v) is 5.17. The van der Waals surface area contributed by atoms with Crippen molar-refractivity contribution in [3.05, 3.63) is 34.9 Å². The van der Waals surface area contributed by atoms with Crippen molar-refractivity contribution in [2.24, 2.45) is 11.7 Å². The maximum atomic E-state index is 12.8. The van der Waals surface area contributed by atoms with E-state index in [1.165, 1.54) is 0 Å². The van der Waals surface area contributed by atoms with E-state index in [2.05, 4.69) is 0 Å². The molecule has 0 bridgehead atoms. The molecule has 2 amide bonds. The van der Waals surface area contributed by atoms with E-state index in [0.29, 0.717) is 30.2 Å². The summed E-state index contributed by atoms with van der Waals surface area (Å²) in [6, 6.07) is 6.99. The highest BCUT2D eigenvalue weighted by atomic mass is 35.5. The molecule has 2 aliphatic heterocycles. The van der Waals surface area contributed by atoms with Crippen LogP contribution in [0.15, 0.2) is 24.3 Å². The normalized spacial score (nSPS) is 23.8. The molecule has 2 aliphatic rings. The minimum Gasteiger partial charge on any atom is -0.341 e. The second-order valence-corrected chi connectivity index (χ2v) is 7.22. The van der Waals surface area contributed by atoms with Gasteiger partial charge < -0.3 is 15.5 Å². The number of likely N-dealkylation sites (tertiary alicyclic amines) is 2. The summed E-state index contributed by atoms with van der Waals surface area (Å²) in [5, 5.41) is 0.611. The van der Waals surface area contributed by atoms with Crippen molar-refractivity contribution in [3.8, 4) is 0 Å². The maximum Gasteiger partial charge on any atom is 0.253 e. The Morgan fingerprint density at radius 2 is 1.64 bits per heavy atom. The van der Waals surface area contributed by atoms with E-state index in [9.17, 15) is 9.59 Å². The van der Waals surface area contributed by atoms with Crippen molar-refractivity contribution in [2.45, 2.75) is 31.7 Å². The van der Waals surface area contributed by atoms with Crippen LogP contribution in [0.5, 0.6) is 0 Å². The SMILES string of the molecule is Cl.NC1CCCN(C(=O)C2CCCN(C(=O)c3ccc(Cl)cc3)C2)C1. The Labute approximate surface area is 159 Å². The number of nitrogens with zero attached hydrogens (tertiary/aromatic N) is 2. The molecular formula is C18H25Cl2N3O2. The van der Waals surface area contributed by atoms with Crippen molar-refractivity contribution >= 4 is 35.8 Å². The first-order valence-corrected chi connectivity index (χ1v) is 9.01. The van der Waals surface area contributed by atoms with Gasteiger partial charge in [0.1, 0.15) is 0 Å². The summed E-state index contributed by atoms with van der Waals surface area (Å²) in [7, 11) is 0. The minimum absolute atomic E-state index is 0. The molecule has 5 nitrogen and oxygen atoms in total. The summed E-state index contributed by atoms with van der Waals surface area (Å²) in [6.45, 7) is 2.62. The van der Waals surface area contributed by atoms with Crippen LogP contribution in [0.2, 0.25) is 5.02 Å². The number of piperidine rings is 2. The van der Waals surface area contributed by atoms with Crippen molar-refractivity contribution in [1.82, 2.24) is 9.80 Å². The number of rotatable bonds is 2. The maximum absolute atomic E-state index is 12.8. The second-order valence-electron chi connectivity index (χ2n) is 6.78. The Morgan fingerprint density at radius 3 is 2.32 bits per heavy atom. The van der Waals surface area contributed by atoms with Crippen molar-refractivity contribution < 1.29 is 9.59 Å². The molecule has 0 radical (unpaired) electrons. The van der Waals surface area contributed by atoms with Crippen LogP contribution < -0.4 is 5.73 Å². The molecule has 1 aromatic rings. The molecule has 2 fully saturated rings. The smallest absolute Gasteiger partial charge is 0.253 e. The predicted molar refractivity (Wildman–Crippen MR) is 101 cm³/mol. The van der Waals surface area contributed by atoms with Crippen molar-refractivity contribution in [2.75, 3.05) is 26.2 Å². The molecule has 1 aromatic carbocycles. The molecular weight excluding hydrogens is 361 g/mol. The van der Waals surface area contributed by atoms with Gasteiger partial charge in [0.2, 0.25) is 5.91 Å². The van der Waals surface area contributed by atoms with Gasteiger partial charge in [0, 0.05) is 42.8 Å². The molecule has 25 heavy (non-hydrogen) atoms. The number of hydrogen-bond donors (Lipinski definition) is 1. The fraction of sp³-hybridized carbons (Fsp3) is 0.556. The molecule has 138 valence electrons. The molecule has 2 heterocycles. The highest BCUT2D eigenvalue weighted by Crippen LogP contribution is 2.23. The van der Waals surface area contributed by atoms with Gasteiger partial charge in [-0.15, -0.1) is 12.4 Å². The number of amides is 2. The largest absolute Gasteiger partial charge is 0.341 e. The quantitative estimate of drug-likeness (QED) is 0.850. The number of halogens is 2. The first-order chi connectivity index (χ1) is 11.5. The Morgan fingerprint density at radius 1 is 1.00 bits per heavy atom. The van der Waals surface area contributed by atoms with Gasteiger partial charge in [0.05, 0.1) is 5.92 Å². The molecule has 7 heteroatoms. The van der Waals surface area contributed by atoms with E-state index < -0.39 is 0 Å². The van der Waals surface area contributed by atoms with Gasteiger partial charge in [-0.2, -0.15) is 0 Å². The summed E-state index contributed by atoms with van der Waals surface area (Å²) in [5.41, 5.74) is 6.61. The van der Waals surface area contributed by atoms with E-state index in [4.69, 9.17) is 17.3 Å². The van der Waals surface area contributed by atoms with Crippen LogP contribution in [0, 0.1) is 5.92 Å². The lowest BCUT2D eigenvalue weighted by atomic mass is 9.94. The van der Waals surface area contributed by atoms with E-state index in [-0.39, 0.29) is 36.2 Å². The van der Waals surface area contributed by atoms with E-state index in [0.717, 1.165) is 32.2 Å². The van der Waals surface area contributed by atoms with Crippen LogP contribution >= 0.6 is 24.0 Å². The van der Waals surface area contributed by atoms with Crippen LogP contribution in [0.1, 0.15) is 36.0 Å². The average molecular weight is 386 g/mol. The van der Waals surface area contributed by atoms with Gasteiger partial charge in [-0.3, -0.25) is 9.59 Å². The van der Waals surface area contributed by atoms with Crippen LogP contribution in [0.4, 0.5) is 0 Å². The molecule has 0 aromatic heterocycles. The molecule has 2 N–H and O–H groups in total. The van der Waals surface area contributed by atoms with Gasteiger partial charge in [0.25, 0.3) is 5.91 Å². The van der Waals surface area contributed by atoms with Crippen LogP contribution in [0.25, 0.3) is 0 Å². The highest BCUT2D eigenvalue weighted by Gasteiger charge is 2.33. The summed E-state index contributed by atoms with van der Waals surface area (Å²) < 4.78 is 0. The summed E-state index contributed by atoms with van der Waals surface area (Å²) in [4.78, 5) is 29.1. The van der Waals surface area contributed by atoms with Gasteiger partial charge in [-0.05, 0) is 49.9 Å². The van der Waals surface area contributed by atoms with Gasteiger partial charge in [-0.1, -0.05) is 11.6 Å². The lowest BCUT2D eigenvalue weighted by Gasteiger charge is -2.37. The molecule has 2 atom stereocenters. The summed E-state index contributed by atoms with van der Waals surface area (Å²) in [5.74, 6) is 0.0126. The van der Waals surface area contributed by atoms with Crippen LogP contribution in [0.3, 0.4) is 0 Å². The zero-order chi connectivity index (χ0) is 17.1. The van der Waals surface area contributed by atoms with Gasteiger partial charge >= 0.3 is 0 Å². The molecule has 0 saturated carbocycles. The fourth-order valence-electron chi connectivity index (χ4n) is 3.61. The third kappa shape index (κ3) is 4.87. The monoisotopic (exact) mass is 385 g/mol. The molecule has 2 unspecified atom stereocenters. The molecule has 2 saturated heterocycles. The Kier molecular flexibility index (Phi) is 7.11. The minimum atomic E-state index is -0.111. The van der Waals surface area contributed by atoms with E-state index >= 15 is 0 Å². The van der Waals surface area contributed by atoms with Crippen LogP contribution in [-0.4, -0.2) is 53.8 Å². The zero-order valence-corrected chi connectivity index (χ0v) is 15.8. The van der Waals surface area contributed by atoms with Crippen LogP contribution in [-0.2, 0) is 4.79 Å². The standard InChI is InChI=1S/C18H24ClN3O2.ClH/c19-15-7-5-13(6-8-15)17(23)21-9-1-3-14(11-21)18(24)22-10-2-4-16(20)12-22;/h5-8,14,16H,1-4,9-12,20H2;1H. The van der Waals surface area contributed by atoms with E-state index in [1.807, 2.05) is 4.90 Å². The predicted octanol–water partition coefficient (Wildman–Crippen LogP) is 2.56. The van der Waals surface area contributed by atoms with E-state index in [1.54, 1.807) is 29.2 Å². The first kappa shape index (κ1) is 20.0. The number of hydrogen-bond acceptors (Lipinski definition) is 3. The molecule has 0 spiro atoms. The average Bonchev–Trinajstić information content (AvgIpc) is 2.61.